The van der Waals surface area contributed by atoms with E-state index in [-0.39, 0.29) is 6.04 Å². The second kappa shape index (κ2) is 4.58. The molecule has 0 saturated heterocycles. The Morgan fingerprint density at radius 3 is 2.86 bits per heavy atom. The van der Waals surface area contributed by atoms with Crippen LogP contribution in [0, 0.1) is 18.3 Å². The van der Waals surface area contributed by atoms with Gasteiger partial charge in [-0.25, -0.2) is 4.98 Å². The fourth-order valence-corrected chi connectivity index (χ4v) is 1.26. The van der Waals surface area contributed by atoms with Crippen molar-refractivity contribution in [2.45, 2.75) is 19.4 Å². The molecule has 0 aliphatic heterocycles. The highest BCUT2D eigenvalue weighted by Gasteiger charge is 2.09. The number of nitrogens with zero attached hydrogens (tertiary/aromatic N) is 2. The molecule has 0 spiro atoms. The maximum absolute atomic E-state index is 8.51. The standard InChI is InChI=1S/C10H13N3O/c1-7-8(9(12)5-6-11)3-4-10(13-7)14-2/h3-4,9H,5,12H2,1-2H3. The number of pyridine rings is 1. The Bertz CT molecular complexity index is 357. The van der Waals surface area contributed by atoms with E-state index in [1.165, 1.54) is 0 Å². The molecule has 0 fully saturated rings. The van der Waals surface area contributed by atoms with Gasteiger partial charge in [0.15, 0.2) is 0 Å². The summed E-state index contributed by atoms with van der Waals surface area (Å²) in [6.07, 6.45) is 0.300. The van der Waals surface area contributed by atoms with E-state index in [2.05, 4.69) is 4.98 Å². The molecule has 0 saturated carbocycles. The van der Waals surface area contributed by atoms with Crippen molar-refractivity contribution in [1.82, 2.24) is 4.98 Å². The van der Waals surface area contributed by atoms with Crippen LogP contribution in [0.2, 0.25) is 0 Å². The van der Waals surface area contributed by atoms with E-state index in [9.17, 15) is 0 Å². The molecule has 1 atom stereocenters. The fraction of sp³-hybridized carbons (Fsp3) is 0.400. The molecule has 14 heavy (non-hydrogen) atoms. The van der Waals surface area contributed by atoms with Crippen molar-refractivity contribution >= 4 is 0 Å². The number of hydrogen-bond acceptors (Lipinski definition) is 4. The van der Waals surface area contributed by atoms with Gasteiger partial charge in [-0.05, 0) is 12.5 Å². The van der Waals surface area contributed by atoms with E-state index in [4.69, 9.17) is 15.7 Å². The molecule has 74 valence electrons. The highest BCUT2D eigenvalue weighted by molar-refractivity contribution is 5.28. The van der Waals surface area contributed by atoms with Gasteiger partial charge in [-0.1, -0.05) is 6.07 Å². The third-order valence-electron chi connectivity index (χ3n) is 2.02. The van der Waals surface area contributed by atoms with Crippen LogP contribution >= 0.6 is 0 Å². The molecule has 0 aliphatic rings. The van der Waals surface area contributed by atoms with Crippen LogP contribution in [-0.2, 0) is 0 Å². The van der Waals surface area contributed by atoms with Crippen molar-refractivity contribution in [3.05, 3.63) is 23.4 Å². The number of ether oxygens (including phenoxy) is 1. The number of aromatic nitrogens is 1. The molecule has 0 bridgehead atoms. The number of rotatable bonds is 3. The first-order valence-corrected chi connectivity index (χ1v) is 4.33. The molecule has 1 aromatic heterocycles. The van der Waals surface area contributed by atoms with Gasteiger partial charge in [0.2, 0.25) is 5.88 Å². The molecule has 0 amide bonds. The van der Waals surface area contributed by atoms with E-state index >= 15 is 0 Å². The fourth-order valence-electron chi connectivity index (χ4n) is 1.26. The molecular formula is C10H13N3O. The van der Waals surface area contributed by atoms with Gasteiger partial charge in [-0.3, -0.25) is 0 Å². The number of methoxy groups -OCH3 is 1. The van der Waals surface area contributed by atoms with Gasteiger partial charge < -0.3 is 10.5 Å². The van der Waals surface area contributed by atoms with Gasteiger partial charge in [0, 0.05) is 17.8 Å². The lowest BCUT2D eigenvalue weighted by Gasteiger charge is -2.11. The molecular weight excluding hydrogens is 178 g/mol. The number of nitriles is 1. The average molecular weight is 191 g/mol. The van der Waals surface area contributed by atoms with Crippen LogP contribution in [0.4, 0.5) is 0 Å². The van der Waals surface area contributed by atoms with Gasteiger partial charge in [-0.2, -0.15) is 5.26 Å². The second-order valence-corrected chi connectivity index (χ2v) is 3.00. The molecule has 0 aliphatic carbocycles. The topological polar surface area (TPSA) is 71.9 Å². The van der Waals surface area contributed by atoms with Gasteiger partial charge in [0.25, 0.3) is 0 Å². The highest BCUT2D eigenvalue weighted by atomic mass is 16.5. The minimum absolute atomic E-state index is 0.265. The van der Waals surface area contributed by atoms with E-state index in [1.54, 1.807) is 13.2 Å². The second-order valence-electron chi connectivity index (χ2n) is 3.00. The van der Waals surface area contributed by atoms with Crippen molar-refractivity contribution in [2.24, 2.45) is 5.73 Å². The summed E-state index contributed by atoms with van der Waals surface area (Å²) in [6, 6.07) is 5.37. The van der Waals surface area contributed by atoms with Gasteiger partial charge in [-0.15, -0.1) is 0 Å². The normalized spacial score (nSPS) is 11.9. The zero-order valence-corrected chi connectivity index (χ0v) is 8.32. The Labute approximate surface area is 83.3 Å². The Hall–Kier alpha value is -1.60. The molecule has 1 unspecified atom stereocenters. The molecule has 1 aromatic rings. The summed E-state index contributed by atoms with van der Waals surface area (Å²) in [4.78, 5) is 4.18. The Morgan fingerprint density at radius 2 is 2.36 bits per heavy atom. The molecule has 4 nitrogen and oxygen atoms in total. The predicted molar refractivity (Wildman–Crippen MR) is 52.7 cm³/mol. The molecule has 1 heterocycles. The molecule has 2 N–H and O–H groups in total. The van der Waals surface area contributed by atoms with Crippen molar-refractivity contribution in [1.29, 1.82) is 5.26 Å². The first-order chi connectivity index (χ1) is 6.69. The number of aryl methyl sites for hydroxylation is 1. The van der Waals surface area contributed by atoms with E-state index in [1.807, 2.05) is 19.1 Å². The predicted octanol–water partition coefficient (Wildman–Crippen LogP) is 1.31. The van der Waals surface area contributed by atoms with Crippen LogP contribution in [0.5, 0.6) is 5.88 Å². The minimum Gasteiger partial charge on any atom is -0.481 e. The van der Waals surface area contributed by atoms with Gasteiger partial charge in [0.1, 0.15) is 0 Å². The summed E-state index contributed by atoms with van der Waals surface area (Å²) in [7, 11) is 1.57. The first-order valence-electron chi connectivity index (χ1n) is 4.33. The third kappa shape index (κ3) is 2.21. The van der Waals surface area contributed by atoms with Crippen LogP contribution in [0.3, 0.4) is 0 Å². The average Bonchev–Trinajstić information content (AvgIpc) is 2.17. The lowest BCUT2D eigenvalue weighted by molar-refractivity contribution is 0.396. The van der Waals surface area contributed by atoms with Crippen LogP contribution in [0.1, 0.15) is 23.7 Å². The minimum atomic E-state index is -0.265. The summed E-state index contributed by atoms with van der Waals surface area (Å²) in [5.74, 6) is 0.565. The lowest BCUT2D eigenvalue weighted by Crippen LogP contribution is -2.11. The largest absolute Gasteiger partial charge is 0.481 e. The summed E-state index contributed by atoms with van der Waals surface area (Å²) in [5, 5.41) is 8.51. The lowest BCUT2D eigenvalue weighted by atomic mass is 10.0. The van der Waals surface area contributed by atoms with E-state index in [0.717, 1.165) is 11.3 Å². The van der Waals surface area contributed by atoms with Gasteiger partial charge >= 0.3 is 0 Å². The van der Waals surface area contributed by atoms with Crippen LogP contribution in [0.25, 0.3) is 0 Å². The summed E-state index contributed by atoms with van der Waals surface area (Å²) < 4.78 is 4.97. The first kappa shape index (κ1) is 10.5. The van der Waals surface area contributed by atoms with E-state index in [0.29, 0.717) is 12.3 Å². The van der Waals surface area contributed by atoms with Gasteiger partial charge in [0.05, 0.1) is 19.6 Å². The summed E-state index contributed by atoms with van der Waals surface area (Å²) >= 11 is 0. The van der Waals surface area contributed by atoms with Crippen molar-refractivity contribution < 1.29 is 4.74 Å². The molecule has 4 heteroatoms. The smallest absolute Gasteiger partial charge is 0.213 e. The number of hydrogen-bond donors (Lipinski definition) is 1. The Balaban J connectivity index is 2.94. The van der Waals surface area contributed by atoms with Crippen LogP contribution < -0.4 is 10.5 Å². The monoisotopic (exact) mass is 191 g/mol. The molecule has 0 radical (unpaired) electrons. The Morgan fingerprint density at radius 1 is 1.64 bits per heavy atom. The van der Waals surface area contributed by atoms with E-state index < -0.39 is 0 Å². The maximum atomic E-state index is 8.51. The molecule has 1 rings (SSSR count). The Kier molecular flexibility index (Phi) is 3.43. The molecule has 0 aromatic carbocycles. The quantitative estimate of drug-likeness (QED) is 0.781. The summed E-state index contributed by atoms with van der Waals surface area (Å²) in [5.41, 5.74) is 7.50. The van der Waals surface area contributed by atoms with Crippen molar-refractivity contribution in [3.8, 4) is 11.9 Å². The highest BCUT2D eigenvalue weighted by Crippen LogP contribution is 2.19. The van der Waals surface area contributed by atoms with Crippen LogP contribution in [-0.4, -0.2) is 12.1 Å². The van der Waals surface area contributed by atoms with Crippen molar-refractivity contribution in [2.75, 3.05) is 7.11 Å². The van der Waals surface area contributed by atoms with Crippen LogP contribution in [0.15, 0.2) is 12.1 Å². The van der Waals surface area contributed by atoms with Crippen molar-refractivity contribution in [3.63, 3.8) is 0 Å². The third-order valence-corrected chi connectivity index (χ3v) is 2.02. The maximum Gasteiger partial charge on any atom is 0.213 e. The zero-order chi connectivity index (χ0) is 10.6. The number of nitrogens with two attached hydrogens (primary N) is 1. The zero-order valence-electron chi connectivity index (χ0n) is 8.32. The SMILES string of the molecule is COc1ccc(C(N)CC#N)c(C)n1. The summed E-state index contributed by atoms with van der Waals surface area (Å²) in [6.45, 7) is 1.86.